The van der Waals surface area contributed by atoms with E-state index < -0.39 is 60.2 Å². The zero-order valence-corrected chi connectivity index (χ0v) is 21.1. The number of benzene rings is 1. The van der Waals surface area contributed by atoms with Crippen LogP contribution in [0, 0.1) is 5.92 Å². The molecule has 1 fully saturated rings. The van der Waals surface area contributed by atoms with Gasteiger partial charge >= 0.3 is 11.9 Å². The van der Waals surface area contributed by atoms with Crippen LogP contribution in [0.2, 0.25) is 0 Å². The SMILES string of the molecule is CC(C)CC(N)C(=O)NC(CCC(=O)O)C(=O)NC(Cc1ccc(O)cc1)C(=O)N1CCCC1C(=O)O. The fraction of sp³-hybridized carbons (Fsp3) is 0.560. The van der Waals surface area contributed by atoms with Gasteiger partial charge in [-0.05, 0) is 49.3 Å². The van der Waals surface area contributed by atoms with E-state index in [9.17, 15) is 34.2 Å². The number of likely N-dealkylation sites (tertiary alicyclic amines) is 1. The smallest absolute Gasteiger partial charge is 0.326 e. The molecule has 12 heteroatoms. The molecule has 2 rings (SSSR count). The Hall–Kier alpha value is -3.67. The summed E-state index contributed by atoms with van der Waals surface area (Å²) in [6.45, 7) is 3.97. The van der Waals surface area contributed by atoms with Crippen molar-refractivity contribution in [1.29, 1.82) is 0 Å². The molecular weight excluding hydrogens is 484 g/mol. The highest BCUT2D eigenvalue weighted by atomic mass is 16.4. The van der Waals surface area contributed by atoms with Crippen molar-refractivity contribution in [2.75, 3.05) is 6.54 Å². The molecule has 0 aromatic heterocycles. The van der Waals surface area contributed by atoms with Gasteiger partial charge in [0.25, 0.3) is 0 Å². The van der Waals surface area contributed by atoms with Crippen LogP contribution in [0.4, 0.5) is 0 Å². The topological polar surface area (TPSA) is 199 Å². The second kappa shape index (κ2) is 13.6. The Morgan fingerprint density at radius 3 is 2.22 bits per heavy atom. The number of carbonyl (C=O) groups excluding carboxylic acids is 3. The summed E-state index contributed by atoms with van der Waals surface area (Å²) >= 11 is 0. The van der Waals surface area contributed by atoms with Crippen molar-refractivity contribution in [3.63, 3.8) is 0 Å². The average molecular weight is 521 g/mol. The Morgan fingerprint density at radius 2 is 1.65 bits per heavy atom. The molecule has 1 aromatic carbocycles. The summed E-state index contributed by atoms with van der Waals surface area (Å²) in [6, 6.07) is 1.57. The highest BCUT2D eigenvalue weighted by Crippen LogP contribution is 2.20. The first-order valence-corrected chi connectivity index (χ1v) is 12.3. The van der Waals surface area contributed by atoms with Crippen LogP contribution in [-0.2, 0) is 30.4 Å². The molecule has 7 N–H and O–H groups in total. The van der Waals surface area contributed by atoms with E-state index in [0.717, 1.165) is 0 Å². The van der Waals surface area contributed by atoms with Crippen molar-refractivity contribution in [3.05, 3.63) is 29.8 Å². The number of carbonyl (C=O) groups is 5. The van der Waals surface area contributed by atoms with Gasteiger partial charge in [-0.25, -0.2) is 4.79 Å². The Balaban J connectivity index is 2.27. The molecule has 204 valence electrons. The van der Waals surface area contributed by atoms with Crippen molar-refractivity contribution >= 4 is 29.7 Å². The molecule has 0 aliphatic carbocycles. The molecule has 4 atom stereocenters. The first-order chi connectivity index (χ1) is 17.4. The predicted octanol–water partition coefficient (Wildman–Crippen LogP) is 0.218. The van der Waals surface area contributed by atoms with Crippen LogP contribution in [0.5, 0.6) is 5.75 Å². The second-order valence-corrected chi connectivity index (χ2v) is 9.69. The van der Waals surface area contributed by atoms with Gasteiger partial charge in [-0.3, -0.25) is 19.2 Å². The monoisotopic (exact) mass is 520 g/mol. The normalized spacial score (nSPS) is 17.6. The van der Waals surface area contributed by atoms with E-state index in [1.165, 1.54) is 17.0 Å². The fourth-order valence-corrected chi connectivity index (χ4v) is 4.26. The minimum Gasteiger partial charge on any atom is -0.508 e. The Bertz CT molecular complexity index is 981. The molecule has 1 saturated heterocycles. The van der Waals surface area contributed by atoms with Gasteiger partial charge in [0.1, 0.15) is 23.9 Å². The first-order valence-electron chi connectivity index (χ1n) is 12.3. The number of hydrogen-bond acceptors (Lipinski definition) is 7. The fourth-order valence-electron chi connectivity index (χ4n) is 4.26. The van der Waals surface area contributed by atoms with E-state index in [4.69, 9.17) is 10.8 Å². The molecule has 0 spiro atoms. The highest BCUT2D eigenvalue weighted by molar-refractivity contribution is 5.94. The quantitative estimate of drug-likeness (QED) is 0.210. The van der Waals surface area contributed by atoms with Crippen LogP contribution in [0.25, 0.3) is 0 Å². The minimum atomic E-state index is -1.27. The highest BCUT2D eigenvalue weighted by Gasteiger charge is 2.38. The van der Waals surface area contributed by atoms with Crippen LogP contribution in [0.1, 0.15) is 51.5 Å². The Labute approximate surface area is 215 Å². The van der Waals surface area contributed by atoms with Gasteiger partial charge in [-0.2, -0.15) is 0 Å². The number of phenols is 1. The van der Waals surface area contributed by atoms with E-state index in [2.05, 4.69) is 10.6 Å². The lowest BCUT2D eigenvalue weighted by Gasteiger charge is -2.29. The number of nitrogens with one attached hydrogen (secondary N) is 2. The molecule has 0 bridgehead atoms. The van der Waals surface area contributed by atoms with Crippen molar-refractivity contribution < 1.29 is 39.3 Å². The number of carboxylic acids is 2. The van der Waals surface area contributed by atoms with Crippen molar-refractivity contribution in [2.45, 2.75) is 76.5 Å². The zero-order valence-electron chi connectivity index (χ0n) is 21.1. The van der Waals surface area contributed by atoms with Crippen molar-refractivity contribution in [1.82, 2.24) is 15.5 Å². The Kier molecular flexibility index (Phi) is 10.9. The number of phenolic OH excluding ortho intramolecular Hbond substituents is 1. The van der Waals surface area contributed by atoms with E-state index in [-0.39, 0.29) is 37.5 Å². The van der Waals surface area contributed by atoms with E-state index in [1.807, 2.05) is 13.8 Å². The van der Waals surface area contributed by atoms with Crippen LogP contribution < -0.4 is 16.4 Å². The summed E-state index contributed by atoms with van der Waals surface area (Å²) in [7, 11) is 0. The summed E-state index contributed by atoms with van der Waals surface area (Å²) in [6.07, 6.45) is 0.469. The maximum absolute atomic E-state index is 13.4. The molecule has 4 unspecified atom stereocenters. The number of carboxylic acid groups (broad SMARTS) is 2. The van der Waals surface area contributed by atoms with Crippen LogP contribution in [-0.4, -0.2) is 80.6 Å². The lowest BCUT2D eigenvalue weighted by molar-refractivity contribution is -0.149. The van der Waals surface area contributed by atoms with E-state index in [0.29, 0.717) is 18.4 Å². The number of amides is 3. The standard InChI is InChI=1S/C25H36N4O8/c1-14(2)12-17(26)22(33)27-18(9-10-21(31)32)23(34)28-19(13-15-5-7-16(30)8-6-15)24(35)29-11-3-4-20(29)25(36)37/h5-8,14,17-20,30H,3-4,9-13,26H2,1-2H3,(H,27,33)(H,28,34)(H,31,32)(H,36,37). The van der Waals surface area contributed by atoms with Crippen LogP contribution in [0.3, 0.4) is 0 Å². The minimum absolute atomic E-state index is 0.00956. The third-order valence-electron chi connectivity index (χ3n) is 6.15. The number of nitrogens with zero attached hydrogens (tertiary/aromatic N) is 1. The summed E-state index contributed by atoms with van der Waals surface area (Å²) in [4.78, 5) is 63.2. The van der Waals surface area contributed by atoms with Crippen LogP contribution in [0.15, 0.2) is 24.3 Å². The van der Waals surface area contributed by atoms with Gasteiger partial charge in [0, 0.05) is 19.4 Å². The first kappa shape index (κ1) is 29.6. The zero-order chi connectivity index (χ0) is 27.7. The van der Waals surface area contributed by atoms with Gasteiger partial charge in [0.2, 0.25) is 17.7 Å². The molecule has 37 heavy (non-hydrogen) atoms. The molecule has 1 heterocycles. The molecule has 3 amide bonds. The maximum atomic E-state index is 13.4. The maximum Gasteiger partial charge on any atom is 0.326 e. The summed E-state index contributed by atoms with van der Waals surface area (Å²) < 4.78 is 0. The molecular formula is C25H36N4O8. The summed E-state index contributed by atoms with van der Waals surface area (Å²) in [5.41, 5.74) is 6.51. The van der Waals surface area contributed by atoms with E-state index >= 15 is 0 Å². The van der Waals surface area contributed by atoms with Gasteiger partial charge in [0.05, 0.1) is 6.04 Å². The average Bonchev–Trinajstić information content (AvgIpc) is 3.31. The van der Waals surface area contributed by atoms with Crippen molar-refractivity contribution in [2.24, 2.45) is 11.7 Å². The largest absolute Gasteiger partial charge is 0.508 e. The molecule has 1 aliphatic rings. The molecule has 1 aliphatic heterocycles. The second-order valence-electron chi connectivity index (χ2n) is 9.69. The van der Waals surface area contributed by atoms with Gasteiger partial charge < -0.3 is 36.6 Å². The number of aliphatic carboxylic acids is 2. The van der Waals surface area contributed by atoms with Crippen molar-refractivity contribution in [3.8, 4) is 5.75 Å². The lowest BCUT2D eigenvalue weighted by Crippen LogP contribution is -2.57. The molecule has 0 saturated carbocycles. The van der Waals surface area contributed by atoms with E-state index in [1.54, 1.807) is 12.1 Å². The number of aromatic hydroxyl groups is 1. The van der Waals surface area contributed by atoms with Crippen LogP contribution >= 0.6 is 0 Å². The van der Waals surface area contributed by atoms with Gasteiger partial charge in [-0.1, -0.05) is 26.0 Å². The lowest BCUT2D eigenvalue weighted by atomic mass is 10.0. The van der Waals surface area contributed by atoms with Gasteiger partial charge in [0.15, 0.2) is 0 Å². The number of hydrogen-bond donors (Lipinski definition) is 6. The molecule has 12 nitrogen and oxygen atoms in total. The Morgan fingerprint density at radius 1 is 1.03 bits per heavy atom. The predicted molar refractivity (Wildman–Crippen MR) is 132 cm³/mol. The number of rotatable bonds is 13. The summed E-state index contributed by atoms with van der Waals surface area (Å²) in [5.74, 6) is -4.20. The third kappa shape index (κ3) is 9.05. The molecule has 0 radical (unpaired) electrons. The summed E-state index contributed by atoms with van der Waals surface area (Å²) in [5, 5.41) is 33.3. The molecule has 1 aromatic rings. The van der Waals surface area contributed by atoms with Gasteiger partial charge in [-0.15, -0.1) is 0 Å². The number of nitrogens with two attached hydrogens (primary N) is 1. The third-order valence-corrected chi connectivity index (χ3v) is 6.15.